The first-order chi connectivity index (χ1) is 9.97. The topological polar surface area (TPSA) is 75.2 Å². The van der Waals surface area contributed by atoms with Crippen LogP contribution in [-0.4, -0.2) is 45.8 Å². The van der Waals surface area contributed by atoms with Crippen LogP contribution >= 0.6 is 11.6 Å². The zero-order chi connectivity index (χ0) is 15.4. The molecular formula is C14H19ClN4O2. The summed E-state index contributed by atoms with van der Waals surface area (Å²) in [4.78, 5) is 33.5. The van der Waals surface area contributed by atoms with Crippen molar-refractivity contribution in [3.63, 3.8) is 0 Å². The number of hydrogen-bond acceptors (Lipinski definition) is 4. The smallest absolute Gasteiger partial charge is 0.274 e. The summed E-state index contributed by atoms with van der Waals surface area (Å²) in [6.07, 6.45) is 4.26. The van der Waals surface area contributed by atoms with Crippen LogP contribution in [0, 0.1) is 5.92 Å². The molecular weight excluding hydrogens is 292 g/mol. The molecule has 0 unspecified atom stereocenters. The number of nitrogens with one attached hydrogen (secondary N) is 1. The van der Waals surface area contributed by atoms with Crippen LogP contribution in [-0.2, 0) is 4.79 Å². The Balaban J connectivity index is 1.87. The molecule has 1 aromatic heterocycles. The maximum absolute atomic E-state index is 12.2. The maximum Gasteiger partial charge on any atom is 0.274 e. The Morgan fingerprint density at radius 1 is 1.29 bits per heavy atom. The predicted octanol–water partition coefficient (Wildman–Crippen LogP) is 1.51. The minimum absolute atomic E-state index is 0.0194. The van der Waals surface area contributed by atoms with E-state index in [0.717, 1.165) is 12.8 Å². The van der Waals surface area contributed by atoms with E-state index in [1.54, 1.807) is 4.90 Å². The van der Waals surface area contributed by atoms with Gasteiger partial charge in [-0.1, -0.05) is 25.4 Å². The number of halogens is 1. The van der Waals surface area contributed by atoms with Crippen LogP contribution < -0.4 is 5.32 Å². The summed E-state index contributed by atoms with van der Waals surface area (Å²) in [5.41, 5.74) is 0.295. The van der Waals surface area contributed by atoms with Crippen LogP contribution in [0.25, 0.3) is 0 Å². The Bertz CT molecular complexity index is 510. The Labute approximate surface area is 128 Å². The molecule has 0 aromatic carbocycles. The summed E-state index contributed by atoms with van der Waals surface area (Å²) in [6, 6.07) is 0.139. The second-order valence-electron chi connectivity index (χ2n) is 5.45. The van der Waals surface area contributed by atoms with Crippen molar-refractivity contribution in [2.45, 2.75) is 32.7 Å². The molecule has 1 N–H and O–H groups in total. The number of piperidine rings is 1. The Kier molecular flexibility index (Phi) is 5.12. The van der Waals surface area contributed by atoms with Crippen LogP contribution in [0.15, 0.2) is 12.4 Å². The van der Waals surface area contributed by atoms with Crippen LogP contribution in [0.5, 0.6) is 0 Å². The molecule has 1 saturated heterocycles. The molecule has 6 nitrogen and oxygen atoms in total. The number of aromatic nitrogens is 2. The lowest BCUT2D eigenvalue weighted by molar-refractivity contribution is -0.124. The summed E-state index contributed by atoms with van der Waals surface area (Å²) in [5.74, 6) is -0.106. The van der Waals surface area contributed by atoms with E-state index in [-0.39, 0.29) is 28.9 Å². The fourth-order valence-corrected chi connectivity index (χ4v) is 2.28. The van der Waals surface area contributed by atoms with Gasteiger partial charge in [-0.3, -0.25) is 9.59 Å². The van der Waals surface area contributed by atoms with E-state index < -0.39 is 0 Å². The molecule has 0 aliphatic carbocycles. The highest BCUT2D eigenvalue weighted by Crippen LogP contribution is 2.14. The maximum atomic E-state index is 12.2. The molecule has 2 rings (SSSR count). The molecule has 0 spiro atoms. The second-order valence-corrected chi connectivity index (χ2v) is 5.84. The van der Waals surface area contributed by atoms with Crippen molar-refractivity contribution in [1.29, 1.82) is 0 Å². The molecule has 114 valence electrons. The normalized spacial score (nSPS) is 16.1. The van der Waals surface area contributed by atoms with Crippen molar-refractivity contribution in [2.24, 2.45) is 5.92 Å². The van der Waals surface area contributed by atoms with E-state index in [1.807, 2.05) is 13.8 Å². The van der Waals surface area contributed by atoms with Gasteiger partial charge in [0.1, 0.15) is 10.8 Å². The molecule has 0 saturated carbocycles. The van der Waals surface area contributed by atoms with Crippen LogP contribution in [0.4, 0.5) is 0 Å². The summed E-state index contributed by atoms with van der Waals surface area (Å²) < 4.78 is 0. The average molecular weight is 311 g/mol. The highest BCUT2D eigenvalue weighted by molar-refractivity contribution is 6.29. The molecule has 1 aromatic rings. The minimum Gasteiger partial charge on any atom is -0.353 e. The highest BCUT2D eigenvalue weighted by atomic mass is 35.5. The van der Waals surface area contributed by atoms with Crippen molar-refractivity contribution in [3.8, 4) is 0 Å². The Morgan fingerprint density at radius 3 is 2.48 bits per heavy atom. The van der Waals surface area contributed by atoms with E-state index in [9.17, 15) is 9.59 Å². The van der Waals surface area contributed by atoms with Gasteiger partial charge >= 0.3 is 0 Å². The summed E-state index contributed by atoms with van der Waals surface area (Å²) >= 11 is 5.66. The third kappa shape index (κ3) is 4.14. The van der Waals surface area contributed by atoms with Crippen molar-refractivity contribution in [3.05, 3.63) is 23.2 Å². The lowest BCUT2D eigenvalue weighted by Gasteiger charge is -2.32. The van der Waals surface area contributed by atoms with E-state index in [0.29, 0.717) is 18.8 Å². The molecule has 1 fully saturated rings. The fraction of sp³-hybridized carbons (Fsp3) is 0.571. The summed E-state index contributed by atoms with van der Waals surface area (Å²) in [7, 11) is 0. The number of carbonyl (C=O) groups excluding carboxylic acids is 2. The van der Waals surface area contributed by atoms with Gasteiger partial charge in [0.15, 0.2) is 0 Å². The number of likely N-dealkylation sites (tertiary alicyclic amines) is 1. The van der Waals surface area contributed by atoms with Gasteiger partial charge in [0.25, 0.3) is 5.91 Å². The molecule has 1 aliphatic heterocycles. The second kappa shape index (κ2) is 6.85. The van der Waals surface area contributed by atoms with Gasteiger partial charge in [-0.15, -0.1) is 0 Å². The van der Waals surface area contributed by atoms with E-state index in [4.69, 9.17) is 11.6 Å². The number of hydrogen-bond donors (Lipinski definition) is 1. The van der Waals surface area contributed by atoms with Gasteiger partial charge in [0, 0.05) is 25.0 Å². The lowest BCUT2D eigenvalue weighted by atomic mass is 10.0. The predicted molar refractivity (Wildman–Crippen MR) is 78.9 cm³/mol. The molecule has 2 amide bonds. The Hall–Kier alpha value is -1.69. The van der Waals surface area contributed by atoms with Crippen molar-refractivity contribution in [1.82, 2.24) is 20.2 Å². The van der Waals surface area contributed by atoms with Crippen LogP contribution in [0.1, 0.15) is 37.2 Å². The lowest BCUT2D eigenvalue weighted by Crippen LogP contribution is -2.47. The van der Waals surface area contributed by atoms with Gasteiger partial charge in [0.2, 0.25) is 5.91 Å². The molecule has 2 heterocycles. The number of nitrogens with zero attached hydrogens (tertiary/aromatic N) is 3. The molecule has 7 heteroatoms. The van der Waals surface area contributed by atoms with E-state index in [1.165, 1.54) is 12.4 Å². The number of rotatable bonds is 3. The summed E-state index contributed by atoms with van der Waals surface area (Å²) in [6.45, 7) is 4.94. The number of carbonyl (C=O) groups is 2. The molecule has 0 radical (unpaired) electrons. The third-order valence-electron chi connectivity index (χ3n) is 3.49. The first-order valence-corrected chi connectivity index (χ1v) is 7.42. The quantitative estimate of drug-likeness (QED) is 0.918. The number of amides is 2. The molecule has 0 bridgehead atoms. The SMILES string of the molecule is CC(C)C(=O)NC1CCN(C(=O)c2cnc(Cl)cn2)CC1. The van der Waals surface area contributed by atoms with Gasteiger partial charge in [-0.05, 0) is 12.8 Å². The zero-order valence-electron chi connectivity index (χ0n) is 12.2. The van der Waals surface area contributed by atoms with Crippen molar-refractivity contribution < 1.29 is 9.59 Å². The van der Waals surface area contributed by atoms with Gasteiger partial charge in [-0.25, -0.2) is 9.97 Å². The van der Waals surface area contributed by atoms with Crippen molar-refractivity contribution >= 4 is 23.4 Å². The van der Waals surface area contributed by atoms with Gasteiger partial charge in [-0.2, -0.15) is 0 Å². The van der Waals surface area contributed by atoms with Crippen LogP contribution in [0.2, 0.25) is 5.15 Å². The molecule has 21 heavy (non-hydrogen) atoms. The largest absolute Gasteiger partial charge is 0.353 e. The van der Waals surface area contributed by atoms with E-state index >= 15 is 0 Å². The monoisotopic (exact) mass is 310 g/mol. The highest BCUT2D eigenvalue weighted by Gasteiger charge is 2.25. The molecule has 1 aliphatic rings. The zero-order valence-corrected chi connectivity index (χ0v) is 12.9. The fourth-order valence-electron chi connectivity index (χ4n) is 2.18. The van der Waals surface area contributed by atoms with Gasteiger partial charge in [0.05, 0.1) is 12.4 Å². The third-order valence-corrected chi connectivity index (χ3v) is 3.69. The first kappa shape index (κ1) is 15.7. The minimum atomic E-state index is -0.146. The van der Waals surface area contributed by atoms with Gasteiger partial charge < -0.3 is 10.2 Å². The van der Waals surface area contributed by atoms with E-state index in [2.05, 4.69) is 15.3 Å². The Morgan fingerprint density at radius 2 is 1.95 bits per heavy atom. The van der Waals surface area contributed by atoms with Crippen molar-refractivity contribution in [2.75, 3.05) is 13.1 Å². The average Bonchev–Trinajstić information content (AvgIpc) is 2.48. The first-order valence-electron chi connectivity index (χ1n) is 7.04. The summed E-state index contributed by atoms with van der Waals surface area (Å²) in [5, 5.41) is 3.27. The van der Waals surface area contributed by atoms with Crippen LogP contribution in [0.3, 0.4) is 0 Å². The molecule has 0 atom stereocenters. The standard InChI is InChI=1S/C14H19ClN4O2/c1-9(2)13(20)18-10-3-5-19(6-4-10)14(21)11-7-17-12(15)8-16-11/h7-10H,3-6H2,1-2H3,(H,18,20).